The third-order valence-electron chi connectivity index (χ3n) is 7.38. The van der Waals surface area contributed by atoms with E-state index < -0.39 is 28.5 Å². The van der Waals surface area contributed by atoms with Crippen LogP contribution in [0.3, 0.4) is 0 Å². The number of hydrogen-bond acceptors (Lipinski definition) is 4. The zero-order valence-corrected chi connectivity index (χ0v) is 28.0. The van der Waals surface area contributed by atoms with Crippen LogP contribution in [0, 0.1) is 13.8 Å². The number of nitrogens with zero attached hydrogens (tertiary/aromatic N) is 2. The highest BCUT2D eigenvalue weighted by molar-refractivity contribution is 7.92. The maximum absolute atomic E-state index is 14.5. The van der Waals surface area contributed by atoms with Crippen LogP contribution in [0.15, 0.2) is 102 Å². The normalized spacial score (nSPS) is 12.1. The molecule has 0 unspecified atom stereocenters. The molecule has 0 radical (unpaired) electrons. The van der Waals surface area contributed by atoms with Crippen LogP contribution in [-0.2, 0) is 32.6 Å². The zero-order chi connectivity index (χ0) is 32.7. The lowest BCUT2D eigenvalue weighted by Crippen LogP contribution is -2.54. The fraction of sp³-hybridized carbons (Fsp3) is 0.257. The molecule has 10 heteroatoms. The third-order valence-corrected chi connectivity index (χ3v) is 9.91. The van der Waals surface area contributed by atoms with Crippen molar-refractivity contribution in [3.63, 3.8) is 0 Å². The summed E-state index contributed by atoms with van der Waals surface area (Å²) in [6.07, 6.45) is 0.231. The van der Waals surface area contributed by atoms with Gasteiger partial charge in [-0.2, -0.15) is 0 Å². The predicted octanol–water partition coefficient (Wildman–Crippen LogP) is 6.97. The first-order chi connectivity index (χ1) is 21.4. The SMILES string of the molecule is Cc1ccc(S(=O)(=O)N(CC(=O)N(Cc2ccccc2C)[C@@H](Cc2ccccc2)C(=O)NC(C)C)c2ccc(Cl)c(Cl)c2)cc1. The maximum Gasteiger partial charge on any atom is 0.264 e. The van der Waals surface area contributed by atoms with Crippen molar-refractivity contribution >= 4 is 50.7 Å². The van der Waals surface area contributed by atoms with Crippen molar-refractivity contribution in [1.29, 1.82) is 0 Å². The summed E-state index contributed by atoms with van der Waals surface area (Å²) in [5.41, 5.74) is 3.68. The van der Waals surface area contributed by atoms with E-state index in [1.54, 1.807) is 12.1 Å². The molecule has 4 rings (SSSR count). The van der Waals surface area contributed by atoms with Crippen molar-refractivity contribution in [2.75, 3.05) is 10.8 Å². The second-order valence-electron chi connectivity index (χ2n) is 11.2. The Morgan fingerprint density at radius 2 is 1.47 bits per heavy atom. The quantitative estimate of drug-likeness (QED) is 0.177. The van der Waals surface area contributed by atoms with Gasteiger partial charge in [-0.25, -0.2) is 8.42 Å². The number of carbonyl (C=O) groups is 2. The number of amides is 2. The number of anilines is 1. The second-order valence-corrected chi connectivity index (χ2v) is 13.9. The van der Waals surface area contributed by atoms with Crippen molar-refractivity contribution in [3.05, 3.63) is 129 Å². The minimum atomic E-state index is -4.25. The Bertz CT molecular complexity index is 1750. The van der Waals surface area contributed by atoms with E-state index in [4.69, 9.17) is 23.2 Å². The lowest BCUT2D eigenvalue weighted by atomic mass is 10.0. The first-order valence-corrected chi connectivity index (χ1v) is 16.8. The molecule has 0 fully saturated rings. The van der Waals surface area contributed by atoms with Gasteiger partial charge >= 0.3 is 0 Å². The summed E-state index contributed by atoms with van der Waals surface area (Å²) in [5.74, 6) is -0.891. The van der Waals surface area contributed by atoms with Crippen LogP contribution in [0.4, 0.5) is 5.69 Å². The molecule has 4 aromatic carbocycles. The summed E-state index contributed by atoms with van der Waals surface area (Å²) in [5, 5.41) is 3.35. The molecule has 0 aromatic heterocycles. The fourth-order valence-electron chi connectivity index (χ4n) is 4.91. The molecule has 1 atom stereocenters. The van der Waals surface area contributed by atoms with E-state index in [2.05, 4.69) is 5.32 Å². The molecule has 7 nitrogen and oxygen atoms in total. The van der Waals surface area contributed by atoms with Gasteiger partial charge in [0, 0.05) is 19.0 Å². The predicted molar refractivity (Wildman–Crippen MR) is 181 cm³/mol. The number of carbonyl (C=O) groups excluding carboxylic acids is 2. The van der Waals surface area contributed by atoms with Crippen molar-refractivity contribution < 1.29 is 18.0 Å². The molecule has 0 saturated heterocycles. The average molecular weight is 667 g/mol. The first kappa shape index (κ1) is 34.0. The second kappa shape index (κ2) is 15.0. The monoisotopic (exact) mass is 665 g/mol. The third kappa shape index (κ3) is 8.66. The number of halogens is 2. The molecule has 236 valence electrons. The number of sulfonamides is 1. The zero-order valence-electron chi connectivity index (χ0n) is 25.7. The Kier molecular flexibility index (Phi) is 11.3. The summed E-state index contributed by atoms with van der Waals surface area (Å²) in [7, 11) is -4.25. The molecule has 4 aromatic rings. The van der Waals surface area contributed by atoms with Crippen LogP contribution < -0.4 is 9.62 Å². The van der Waals surface area contributed by atoms with Crippen molar-refractivity contribution in [2.45, 2.75) is 57.6 Å². The van der Waals surface area contributed by atoms with Gasteiger partial charge in [0.05, 0.1) is 20.6 Å². The minimum absolute atomic E-state index is 0.0100. The Morgan fingerprint density at radius 1 is 0.822 bits per heavy atom. The number of benzene rings is 4. The Morgan fingerprint density at radius 3 is 2.09 bits per heavy atom. The van der Waals surface area contributed by atoms with Gasteiger partial charge in [0.25, 0.3) is 10.0 Å². The molecule has 0 heterocycles. The molecular formula is C35H37Cl2N3O4S. The van der Waals surface area contributed by atoms with Crippen molar-refractivity contribution in [1.82, 2.24) is 10.2 Å². The lowest BCUT2D eigenvalue weighted by Gasteiger charge is -2.34. The molecule has 0 spiro atoms. The van der Waals surface area contributed by atoms with Gasteiger partial charge in [-0.3, -0.25) is 13.9 Å². The average Bonchev–Trinajstić information content (AvgIpc) is 3.00. The summed E-state index contributed by atoms with van der Waals surface area (Å²) in [6.45, 7) is 7.00. The fourth-order valence-corrected chi connectivity index (χ4v) is 6.61. The largest absolute Gasteiger partial charge is 0.352 e. The highest BCUT2D eigenvalue weighted by Crippen LogP contribution is 2.31. The molecule has 0 bridgehead atoms. The van der Waals surface area contributed by atoms with Gasteiger partial charge in [-0.1, -0.05) is 95.5 Å². The van der Waals surface area contributed by atoms with E-state index in [-0.39, 0.29) is 45.5 Å². The van der Waals surface area contributed by atoms with E-state index in [1.807, 2.05) is 82.3 Å². The number of rotatable bonds is 12. The highest BCUT2D eigenvalue weighted by atomic mass is 35.5. The molecule has 0 aliphatic rings. The van der Waals surface area contributed by atoms with Crippen LogP contribution in [0.2, 0.25) is 10.0 Å². The molecule has 45 heavy (non-hydrogen) atoms. The maximum atomic E-state index is 14.5. The van der Waals surface area contributed by atoms with Crippen LogP contribution in [-0.4, -0.2) is 43.8 Å². The molecule has 1 N–H and O–H groups in total. The van der Waals surface area contributed by atoms with Gasteiger partial charge in [0.2, 0.25) is 11.8 Å². The van der Waals surface area contributed by atoms with Gasteiger partial charge in [-0.15, -0.1) is 0 Å². The molecular weight excluding hydrogens is 629 g/mol. The Balaban J connectivity index is 1.83. The van der Waals surface area contributed by atoms with Crippen LogP contribution in [0.1, 0.15) is 36.1 Å². The van der Waals surface area contributed by atoms with Gasteiger partial charge in [0.1, 0.15) is 12.6 Å². The van der Waals surface area contributed by atoms with Gasteiger partial charge in [0.15, 0.2) is 0 Å². The summed E-state index contributed by atoms with van der Waals surface area (Å²) >= 11 is 12.5. The van der Waals surface area contributed by atoms with E-state index in [9.17, 15) is 18.0 Å². The number of aryl methyl sites for hydroxylation is 2. The van der Waals surface area contributed by atoms with E-state index in [0.717, 1.165) is 26.6 Å². The topological polar surface area (TPSA) is 86.8 Å². The minimum Gasteiger partial charge on any atom is -0.352 e. The van der Waals surface area contributed by atoms with Crippen molar-refractivity contribution in [2.24, 2.45) is 0 Å². The molecule has 0 aliphatic heterocycles. The van der Waals surface area contributed by atoms with Crippen LogP contribution in [0.25, 0.3) is 0 Å². The van der Waals surface area contributed by atoms with E-state index in [1.165, 1.54) is 35.2 Å². The van der Waals surface area contributed by atoms with Gasteiger partial charge < -0.3 is 10.2 Å². The molecule has 0 saturated carbocycles. The summed E-state index contributed by atoms with van der Waals surface area (Å²) in [6, 6.07) is 26.7. The van der Waals surface area contributed by atoms with E-state index in [0.29, 0.717) is 0 Å². The standard InChI is InChI=1S/C35H37Cl2N3O4S/c1-24(2)38-35(42)33(20-27-11-6-5-7-12-27)39(22-28-13-9-8-10-26(28)4)34(41)23-40(29-16-19-31(36)32(37)21-29)45(43,44)30-17-14-25(3)15-18-30/h5-19,21,24,33H,20,22-23H2,1-4H3,(H,38,42)/t33-/m0/s1. The number of nitrogens with one attached hydrogen (secondary N) is 1. The van der Waals surface area contributed by atoms with Crippen LogP contribution in [0.5, 0.6) is 0 Å². The molecule has 0 aliphatic carbocycles. The lowest BCUT2D eigenvalue weighted by molar-refractivity contribution is -0.140. The van der Waals surface area contributed by atoms with Gasteiger partial charge in [-0.05, 0) is 74.7 Å². The Hall–Kier alpha value is -3.85. The molecule has 2 amide bonds. The Labute approximate surface area is 275 Å². The smallest absolute Gasteiger partial charge is 0.264 e. The summed E-state index contributed by atoms with van der Waals surface area (Å²) < 4.78 is 29.3. The summed E-state index contributed by atoms with van der Waals surface area (Å²) in [4.78, 5) is 29.8. The highest BCUT2D eigenvalue weighted by Gasteiger charge is 2.35. The van der Waals surface area contributed by atoms with E-state index >= 15 is 0 Å². The number of hydrogen-bond donors (Lipinski definition) is 1. The first-order valence-electron chi connectivity index (χ1n) is 14.6. The van der Waals surface area contributed by atoms with Crippen LogP contribution >= 0.6 is 23.2 Å². The van der Waals surface area contributed by atoms with Crippen molar-refractivity contribution in [3.8, 4) is 0 Å².